The molecule has 0 aliphatic carbocycles. The number of hydrogen-bond acceptors (Lipinski definition) is 3. The minimum Gasteiger partial charge on any atom is -0.368 e. The molecule has 0 heterocycles. The van der Waals surface area contributed by atoms with Gasteiger partial charge < -0.3 is 11.1 Å². The van der Waals surface area contributed by atoms with Crippen LogP contribution < -0.4 is 11.1 Å². The molecular formula is C11H15ClN2OS. The van der Waals surface area contributed by atoms with Crippen LogP contribution >= 0.6 is 23.4 Å². The summed E-state index contributed by atoms with van der Waals surface area (Å²) in [5.41, 5.74) is 5.22. The summed E-state index contributed by atoms with van der Waals surface area (Å²) in [6, 6.07) is 7.39. The van der Waals surface area contributed by atoms with Crippen molar-refractivity contribution in [3.8, 4) is 0 Å². The van der Waals surface area contributed by atoms with E-state index in [1.54, 1.807) is 18.8 Å². The van der Waals surface area contributed by atoms with Gasteiger partial charge in [-0.3, -0.25) is 4.79 Å². The number of nitrogens with one attached hydrogen (secondary N) is 1. The van der Waals surface area contributed by atoms with Crippen LogP contribution in [0.25, 0.3) is 0 Å². The molecule has 16 heavy (non-hydrogen) atoms. The molecule has 0 aliphatic heterocycles. The van der Waals surface area contributed by atoms with Crippen LogP contribution in [0.2, 0.25) is 5.02 Å². The van der Waals surface area contributed by atoms with Gasteiger partial charge >= 0.3 is 0 Å². The first-order chi connectivity index (χ1) is 7.63. The Balaban J connectivity index is 2.35. The Hall–Kier alpha value is -0.710. The Kier molecular flexibility index (Phi) is 5.66. The van der Waals surface area contributed by atoms with Crippen molar-refractivity contribution in [3.05, 3.63) is 29.3 Å². The van der Waals surface area contributed by atoms with E-state index in [1.165, 1.54) is 0 Å². The Morgan fingerprint density at radius 1 is 1.50 bits per heavy atom. The summed E-state index contributed by atoms with van der Waals surface area (Å²) in [6.45, 7) is 0. The Bertz CT molecular complexity index is 342. The Morgan fingerprint density at radius 3 is 2.62 bits per heavy atom. The highest BCUT2D eigenvalue weighted by atomic mass is 35.5. The third-order valence-corrected chi connectivity index (χ3v) is 3.48. The van der Waals surface area contributed by atoms with Crippen LogP contribution in [0.5, 0.6) is 0 Å². The van der Waals surface area contributed by atoms with E-state index in [0.29, 0.717) is 0 Å². The number of hydrogen-bond donors (Lipinski definition) is 2. The minimum absolute atomic E-state index is 0.250. The van der Waals surface area contributed by atoms with Gasteiger partial charge in [0.25, 0.3) is 0 Å². The maximum absolute atomic E-state index is 11.0. The van der Waals surface area contributed by atoms with Crippen molar-refractivity contribution in [1.29, 1.82) is 0 Å². The van der Waals surface area contributed by atoms with Crippen molar-refractivity contribution < 1.29 is 4.79 Å². The van der Waals surface area contributed by atoms with Gasteiger partial charge in [0.15, 0.2) is 0 Å². The van der Waals surface area contributed by atoms with E-state index in [9.17, 15) is 4.79 Å². The highest BCUT2D eigenvalue weighted by Gasteiger charge is 2.11. The predicted molar refractivity (Wildman–Crippen MR) is 68.8 cm³/mol. The molecule has 0 radical (unpaired) electrons. The van der Waals surface area contributed by atoms with Gasteiger partial charge in [-0.25, -0.2) is 0 Å². The van der Waals surface area contributed by atoms with Crippen molar-refractivity contribution in [1.82, 2.24) is 5.32 Å². The molecule has 88 valence electrons. The Morgan fingerprint density at radius 2 is 2.12 bits per heavy atom. The molecule has 0 saturated carbocycles. The molecule has 1 unspecified atom stereocenters. The first-order valence-electron chi connectivity index (χ1n) is 4.98. The lowest BCUT2D eigenvalue weighted by Crippen LogP contribution is -2.39. The van der Waals surface area contributed by atoms with Crippen LogP contribution in [0.3, 0.4) is 0 Å². The number of thioether (sulfide) groups is 1. The van der Waals surface area contributed by atoms with Crippen molar-refractivity contribution >= 4 is 29.3 Å². The summed E-state index contributed by atoms with van der Waals surface area (Å²) >= 11 is 7.46. The molecule has 3 N–H and O–H groups in total. The number of halogens is 1. The molecule has 3 nitrogen and oxygen atoms in total. The molecule has 1 atom stereocenters. The van der Waals surface area contributed by atoms with E-state index >= 15 is 0 Å². The second kappa shape index (κ2) is 6.78. The number of nitrogens with two attached hydrogens (primary N) is 1. The Labute approximate surface area is 105 Å². The predicted octanol–water partition coefficient (Wildman–Crippen LogP) is 1.90. The molecule has 0 fully saturated rings. The minimum atomic E-state index is -0.306. The molecule has 0 aromatic heterocycles. The van der Waals surface area contributed by atoms with Crippen molar-refractivity contribution in [2.45, 2.75) is 17.4 Å². The molecule has 1 aromatic rings. The maximum atomic E-state index is 11.0. The van der Waals surface area contributed by atoms with Crippen LogP contribution in [-0.4, -0.2) is 24.7 Å². The van der Waals surface area contributed by atoms with Crippen molar-refractivity contribution in [3.63, 3.8) is 0 Å². The smallest absolute Gasteiger partial charge is 0.234 e. The standard InChI is InChI=1S/C11H15ClN2OS/c1-14-10(11(13)15)6-7-16-9-4-2-8(12)3-5-9/h2-5,10,14H,6-7H2,1H3,(H2,13,15). The highest BCUT2D eigenvalue weighted by molar-refractivity contribution is 7.99. The highest BCUT2D eigenvalue weighted by Crippen LogP contribution is 2.21. The molecular weight excluding hydrogens is 244 g/mol. The fourth-order valence-corrected chi connectivity index (χ4v) is 2.30. The summed E-state index contributed by atoms with van der Waals surface area (Å²) in [4.78, 5) is 12.1. The zero-order chi connectivity index (χ0) is 12.0. The topological polar surface area (TPSA) is 55.1 Å². The second-order valence-corrected chi connectivity index (χ2v) is 4.94. The lowest BCUT2D eigenvalue weighted by molar-refractivity contribution is -0.119. The number of benzene rings is 1. The second-order valence-electron chi connectivity index (χ2n) is 3.33. The van der Waals surface area contributed by atoms with Crippen LogP contribution in [-0.2, 0) is 4.79 Å². The molecule has 1 rings (SSSR count). The van der Waals surface area contributed by atoms with Crippen molar-refractivity contribution in [2.75, 3.05) is 12.8 Å². The van der Waals surface area contributed by atoms with E-state index < -0.39 is 0 Å². The summed E-state index contributed by atoms with van der Waals surface area (Å²) in [5, 5.41) is 3.62. The zero-order valence-corrected chi connectivity index (χ0v) is 10.6. The summed E-state index contributed by atoms with van der Waals surface area (Å²) < 4.78 is 0. The van der Waals surface area contributed by atoms with Crippen LogP contribution in [0, 0.1) is 0 Å². The molecule has 1 amide bonds. The van der Waals surface area contributed by atoms with Gasteiger partial charge in [0.1, 0.15) is 0 Å². The van der Waals surface area contributed by atoms with E-state index in [1.807, 2.05) is 24.3 Å². The fourth-order valence-electron chi connectivity index (χ4n) is 1.25. The maximum Gasteiger partial charge on any atom is 0.234 e. The number of rotatable bonds is 6. The number of carbonyl (C=O) groups excluding carboxylic acids is 1. The lowest BCUT2D eigenvalue weighted by atomic mass is 10.2. The fraction of sp³-hybridized carbons (Fsp3) is 0.364. The average Bonchev–Trinajstić information content (AvgIpc) is 2.26. The molecule has 0 bridgehead atoms. The SMILES string of the molecule is CNC(CCSc1ccc(Cl)cc1)C(N)=O. The largest absolute Gasteiger partial charge is 0.368 e. The van der Waals surface area contributed by atoms with E-state index in [0.717, 1.165) is 22.1 Å². The van der Waals surface area contributed by atoms with E-state index in [-0.39, 0.29) is 11.9 Å². The van der Waals surface area contributed by atoms with Gasteiger partial charge in [-0.05, 0) is 43.5 Å². The van der Waals surface area contributed by atoms with Gasteiger partial charge in [-0.15, -0.1) is 11.8 Å². The molecule has 0 aliphatic rings. The summed E-state index contributed by atoms with van der Waals surface area (Å²) in [7, 11) is 1.74. The number of amides is 1. The molecule has 0 saturated heterocycles. The van der Waals surface area contributed by atoms with Crippen molar-refractivity contribution in [2.24, 2.45) is 5.73 Å². The summed E-state index contributed by atoms with van der Waals surface area (Å²) in [5.74, 6) is 0.537. The molecule has 5 heteroatoms. The van der Waals surface area contributed by atoms with Crippen LogP contribution in [0.1, 0.15) is 6.42 Å². The third kappa shape index (κ3) is 4.43. The summed E-state index contributed by atoms with van der Waals surface area (Å²) in [6.07, 6.45) is 0.721. The zero-order valence-electron chi connectivity index (χ0n) is 9.07. The van der Waals surface area contributed by atoms with Crippen LogP contribution in [0.4, 0.5) is 0 Å². The van der Waals surface area contributed by atoms with Gasteiger partial charge in [0, 0.05) is 9.92 Å². The van der Waals surface area contributed by atoms with Crippen LogP contribution in [0.15, 0.2) is 29.2 Å². The first-order valence-corrected chi connectivity index (χ1v) is 6.35. The number of primary amides is 1. The quantitative estimate of drug-likeness (QED) is 0.767. The number of carbonyl (C=O) groups is 1. The van der Waals surface area contributed by atoms with Gasteiger partial charge in [0.05, 0.1) is 6.04 Å². The average molecular weight is 259 g/mol. The van der Waals surface area contributed by atoms with E-state index in [2.05, 4.69) is 5.32 Å². The van der Waals surface area contributed by atoms with Gasteiger partial charge in [-0.2, -0.15) is 0 Å². The third-order valence-electron chi connectivity index (χ3n) is 2.18. The molecule has 1 aromatic carbocycles. The normalized spacial score (nSPS) is 12.4. The first kappa shape index (κ1) is 13.4. The number of likely N-dealkylation sites (N-methyl/N-ethyl adjacent to an activating group) is 1. The van der Waals surface area contributed by atoms with Gasteiger partial charge in [-0.1, -0.05) is 11.6 Å². The molecule has 0 spiro atoms. The van der Waals surface area contributed by atoms with Gasteiger partial charge in [0.2, 0.25) is 5.91 Å². The van der Waals surface area contributed by atoms with E-state index in [4.69, 9.17) is 17.3 Å². The monoisotopic (exact) mass is 258 g/mol. The lowest BCUT2D eigenvalue weighted by Gasteiger charge is -2.11.